The predicted molar refractivity (Wildman–Crippen MR) is 62.6 cm³/mol. The molecule has 0 spiro atoms. The monoisotopic (exact) mass is 278 g/mol. The smallest absolute Gasteiger partial charge is 0.744 e. The van der Waals surface area contributed by atoms with E-state index >= 15 is 0 Å². The van der Waals surface area contributed by atoms with Crippen molar-refractivity contribution < 1.29 is 42.5 Å². The summed E-state index contributed by atoms with van der Waals surface area (Å²) >= 11 is 5.65. The van der Waals surface area contributed by atoms with E-state index in [9.17, 15) is 13.0 Å². The van der Waals surface area contributed by atoms with E-state index in [1.54, 1.807) is 24.3 Å². The largest absolute Gasteiger partial charge is 1.00 e. The van der Waals surface area contributed by atoms with E-state index in [1.165, 1.54) is 11.6 Å². The van der Waals surface area contributed by atoms with E-state index in [-0.39, 0.29) is 34.5 Å². The molecule has 0 heterocycles. The Kier molecular flexibility index (Phi) is 5.01. The summed E-state index contributed by atoms with van der Waals surface area (Å²) in [5.74, 6) is 0. The van der Waals surface area contributed by atoms with Crippen molar-refractivity contribution in [1.29, 1.82) is 0 Å². The number of benzene rings is 1. The number of rotatable bonds is 1. The SMILES string of the molecule is O=S(=O)([O-])C1=CCC(=CCl)c2ccccc21.[Na+]. The normalized spacial score (nSPS) is 17.1. The Morgan fingerprint density at radius 3 is 2.35 bits per heavy atom. The number of hydrogen-bond donors (Lipinski definition) is 0. The Balaban J connectivity index is 0.00000144. The van der Waals surface area contributed by atoms with Gasteiger partial charge >= 0.3 is 29.6 Å². The Morgan fingerprint density at radius 2 is 1.82 bits per heavy atom. The first-order valence-corrected chi connectivity index (χ1v) is 6.43. The Hall–Kier alpha value is -0.100. The van der Waals surface area contributed by atoms with Crippen LogP contribution in [0.1, 0.15) is 17.5 Å². The Bertz CT molecular complexity index is 590. The molecule has 0 saturated heterocycles. The van der Waals surface area contributed by atoms with Crippen LogP contribution >= 0.6 is 11.6 Å². The van der Waals surface area contributed by atoms with Crippen molar-refractivity contribution in [3.05, 3.63) is 47.0 Å². The molecule has 84 valence electrons. The van der Waals surface area contributed by atoms with Gasteiger partial charge in [-0.3, -0.25) is 0 Å². The average Bonchev–Trinajstić information content (AvgIpc) is 2.26. The van der Waals surface area contributed by atoms with Crippen molar-refractivity contribution in [2.45, 2.75) is 6.42 Å². The van der Waals surface area contributed by atoms with Crippen molar-refractivity contribution >= 4 is 32.2 Å². The van der Waals surface area contributed by atoms with Crippen molar-refractivity contribution in [3.8, 4) is 0 Å². The van der Waals surface area contributed by atoms with E-state index in [0.717, 1.165) is 5.57 Å². The van der Waals surface area contributed by atoms with Gasteiger partial charge in [-0.1, -0.05) is 41.9 Å². The molecule has 0 unspecified atom stereocenters. The topological polar surface area (TPSA) is 57.2 Å². The van der Waals surface area contributed by atoms with Crippen LogP contribution in [0.3, 0.4) is 0 Å². The third-order valence-corrected chi connectivity index (χ3v) is 3.64. The molecule has 0 bridgehead atoms. The summed E-state index contributed by atoms with van der Waals surface area (Å²) in [5, 5.41) is 0. The first-order valence-electron chi connectivity index (χ1n) is 4.59. The zero-order valence-electron chi connectivity index (χ0n) is 9.18. The summed E-state index contributed by atoms with van der Waals surface area (Å²) in [6, 6.07) is 6.83. The molecule has 0 amide bonds. The summed E-state index contributed by atoms with van der Waals surface area (Å²) in [7, 11) is -4.43. The fourth-order valence-corrected chi connectivity index (χ4v) is 2.68. The van der Waals surface area contributed by atoms with Crippen molar-refractivity contribution in [1.82, 2.24) is 0 Å². The second kappa shape index (κ2) is 5.69. The van der Waals surface area contributed by atoms with Gasteiger partial charge < -0.3 is 4.55 Å². The molecule has 1 aliphatic rings. The third-order valence-electron chi connectivity index (χ3n) is 2.45. The van der Waals surface area contributed by atoms with E-state index in [2.05, 4.69) is 0 Å². The maximum absolute atomic E-state index is 11.1. The molecule has 0 aromatic heterocycles. The maximum atomic E-state index is 11.1. The van der Waals surface area contributed by atoms with Crippen molar-refractivity contribution in [2.75, 3.05) is 0 Å². The average molecular weight is 279 g/mol. The van der Waals surface area contributed by atoms with Crippen LogP contribution in [-0.2, 0) is 10.1 Å². The minimum Gasteiger partial charge on any atom is -0.744 e. The van der Waals surface area contributed by atoms with Gasteiger partial charge in [0.2, 0.25) is 0 Å². The van der Waals surface area contributed by atoms with Gasteiger partial charge in [0.05, 0.1) is 4.91 Å². The predicted octanol–water partition coefficient (Wildman–Crippen LogP) is -0.440. The molecule has 2 rings (SSSR count). The second-order valence-corrected chi connectivity index (χ2v) is 4.97. The molecular formula is C11H8ClNaO3S. The minimum absolute atomic E-state index is 0. The molecule has 0 atom stereocenters. The van der Waals surface area contributed by atoms with Gasteiger partial charge in [0, 0.05) is 5.54 Å². The number of halogens is 1. The van der Waals surface area contributed by atoms with E-state index < -0.39 is 10.1 Å². The fraction of sp³-hybridized carbons (Fsp3) is 0.0909. The summed E-state index contributed by atoms with van der Waals surface area (Å²) in [4.78, 5) is -0.162. The standard InChI is InChI=1S/C11H9ClO3S.Na/c12-7-8-5-6-11(16(13,14)15)10-4-2-1-3-9(8)10;/h1-4,6-7H,5H2,(H,13,14,15);/q;+1/p-1. The van der Waals surface area contributed by atoms with Crippen LogP contribution in [0.4, 0.5) is 0 Å². The summed E-state index contributed by atoms with van der Waals surface area (Å²) in [5.41, 5.74) is 3.35. The summed E-state index contributed by atoms with van der Waals surface area (Å²) in [6.07, 6.45) is 1.76. The minimum atomic E-state index is -4.43. The molecule has 0 saturated carbocycles. The molecule has 1 aliphatic carbocycles. The zero-order valence-corrected chi connectivity index (χ0v) is 12.8. The molecule has 3 nitrogen and oxygen atoms in total. The summed E-state index contributed by atoms with van der Waals surface area (Å²) < 4.78 is 33.2. The van der Waals surface area contributed by atoms with Gasteiger partial charge in [0.25, 0.3) is 0 Å². The van der Waals surface area contributed by atoms with Crippen molar-refractivity contribution in [3.63, 3.8) is 0 Å². The van der Waals surface area contributed by atoms with Crippen LogP contribution in [0.2, 0.25) is 0 Å². The van der Waals surface area contributed by atoms with Gasteiger partial charge in [-0.15, -0.1) is 0 Å². The van der Waals surface area contributed by atoms with Gasteiger partial charge in [-0.2, -0.15) is 0 Å². The van der Waals surface area contributed by atoms with E-state index in [4.69, 9.17) is 11.6 Å². The fourth-order valence-electron chi connectivity index (χ4n) is 1.74. The molecule has 1 aromatic carbocycles. The molecule has 0 fully saturated rings. The van der Waals surface area contributed by atoms with Crippen LogP contribution in [0.25, 0.3) is 10.5 Å². The molecule has 6 heteroatoms. The molecule has 0 aliphatic heterocycles. The van der Waals surface area contributed by atoms with Gasteiger partial charge in [0.1, 0.15) is 10.1 Å². The van der Waals surface area contributed by atoms with Crippen molar-refractivity contribution in [2.24, 2.45) is 0 Å². The number of fused-ring (bicyclic) bond motifs is 1. The molecular weight excluding hydrogens is 271 g/mol. The third kappa shape index (κ3) is 3.02. The first kappa shape index (κ1) is 15.0. The maximum Gasteiger partial charge on any atom is 1.00 e. The molecule has 0 radical (unpaired) electrons. The Morgan fingerprint density at radius 1 is 1.24 bits per heavy atom. The van der Waals surface area contributed by atoms with E-state index in [0.29, 0.717) is 17.5 Å². The van der Waals surface area contributed by atoms with Crippen LogP contribution < -0.4 is 29.6 Å². The second-order valence-electron chi connectivity index (χ2n) is 3.41. The quantitative estimate of drug-likeness (QED) is 0.517. The van der Waals surface area contributed by atoms with Crippen LogP contribution in [0.5, 0.6) is 0 Å². The van der Waals surface area contributed by atoms with Gasteiger partial charge in [-0.25, -0.2) is 8.42 Å². The summed E-state index contributed by atoms with van der Waals surface area (Å²) in [6.45, 7) is 0. The zero-order chi connectivity index (χ0) is 11.8. The van der Waals surface area contributed by atoms with E-state index in [1.807, 2.05) is 0 Å². The molecule has 1 aromatic rings. The van der Waals surface area contributed by atoms with Crippen LogP contribution in [-0.4, -0.2) is 13.0 Å². The number of allylic oxidation sites excluding steroid dienone is 2. The Labute approximate surface area is 127 Å². The van der Waals surface area contributed by atoms with Crippen LogP contribution in [0.15, 0.2) is 35.9 Å². The first-order chi connectivity index (χ1) is 7.54. The molecule has 0 N–H and O–H groups in total. The molecule has 17 heavy (non-hydrogen) atoms. The number of hydrogen-bond acceptors (Lipinski definition) is 3. The van der Waals surface area contributed by atoms with Gasteiger partial charge in [0.15, 0.2) is 0 Å². The van der Waals surface area contributed by atoms with Crippen LogP contribution in [0, 0.1) is 0 Å². The van der Waals surface area contributed by atoms with Gasteiger partial charge in [-0.05, 0) is 23.1 Å².